The third-order valence-corrected chi connectivity index (χ3v) is 3.51. The SMILES string of the molecule is CC(C)(C)C(N)CSc1ccc(Cl)cn1. The number of hydrogen-bond donors (Lipinski definition) is 1. The summed E-state index contributed by atoms with van der Waals surface area (Å²) < 4.78 is 0. The van der Waals surface area contributed by atoms with E-state index in [0.717, 1.165) is 10.8 Å². The van der Waals surface area contributed by atoms with Crippen molar-refractivity contribution < 1.29 is 0 Å². The number of hydrogen-bond acceptors (Lipinski definition) is 3. The Bertz CT molecular complexity index is 305. The van der Waals surface area contributed by atoms with E-state index in [2.05, 4.69) is 25.8 Å². The van der Waals surface area contributed by atoms with E-state index in [1.54, 1.807) is 18.0 Å². The minimum atomic E-state index is 0.138. The first-order valence-electron chi connectivity index (χ1n) is 4.89. The summed E-state index contributed by atoms with van der Waals surface area (Å²) in [6.07, 6.45) is 1.66. The lowest BCUT2D eigenvalue weighted by molar-refractivity contribution is 0.344. The second-order valence-corrected chi connectivity index (χ2v) is 6.07. The molecule has 0 aliphatic carbocycles. The van der Waals surface area contributed by atoms with Crippen molar-refractivity contribution >= 4 is 23.4 Å². The average molecular weight is 245 g/mol. The van der Waals surface area contributed by atoms with Gasteiger partial charge in [0, 0.05) is 18.0 Å². The molecule has 1 heterocycles. The van der Waals surface area contributed by atoms with Gasteiger partial charge in [0.05, 0.1) is 10.0 Å². The molecule has 2 N–H and O–H groups in total. The summed E-state index contributed by atoms with van der Waals surface area (Å²) >= 11 is 7.42. The second-order valence-electron chi connectivity index (χ2n) is 4.60. The van der Waals surface area contributed by atoms with Crippen LogP contribution in [0.3, 0.4) is 0 Å². The molecular weight excluding hydrogens is 228 g/mol. The highest BCUT2D eigenvalue weighted by molar-refractivity contribution is 7.99. The topological polar surface area (TPSA) is 38.9 Å². The van der Waals surface area contributed by atoms with Crippen LogP contribution in [0.25, 0.3) is 0 Å². The van der Waals surface area contributed by atoms with Crippen LogP contribution in [0.15, 0.2) is 23.4 Å². The zero-order chi connectivity index (χ0) is 11.5. The van der Waals surface area contributed by atoms with E-state index >= 15 is 0 Å². The first kappa shape index (κ1) is 12.8. The molecule has 0 saturated heterocycles. The minimum Gasteiger partial charge on any atom is -0.326 e. The molecule has 1 rings (SSSR count). The van der Waals surface area contributed by atoms with Gasteiger partial charge in [0.15, 0.2) is 0 Å². The molecular formula is C11H17ClN2S. The van der Waals surface area contributed by atoms with Crippen molar-refractivity contribution in [1.29, 1.82) is 0 Å². The number of rotatable bonds is 3. The maximum Gasteiger partial charge on any atom is 0.0961 e. The molecule has 0 fully saturated rings. The summed E-state index contributed by atoms with van der Waals surface area (Å²) in [5.41, 5.74) is 6.19. The van der Waals surface area contributed by atoms with Gasteiger partial charge in [0.1, 0.15) is 0 Å². The highest BCUT2D eigenvalue weighted by Gasteiger charge is 2.20. The van der Waals surface area contributed by atoms with Crippen LogP contribution in [0, 0.1) is 5.41 Å². The molecule has 4 heteroatoms. The fraction of sp³-hybridized carbons (Fsp3) is 0.545. The van der Waals surface area contributed by atoms with Crippen LogP contribution in [-0.4, -0.2) is 16.8 Å². The normalized spacial score (nSPS) is 13.9. The largest absolute Gasteiger partial charge is 0.326 e. The molecule has 84 valence electrons. The van der Waals surface area contributed by atoms with Crippen molar-refractivity contribution in [2.75, 3.05) is 5.75 Å². The van der Waals surface area contributed by atoms with Crippen molar-refractivity contribution in [1.82, 2.24) is 4.98 Å². The Balaban J connectivity index is 2.47. The third-order valence-electron chi connectivity index (χ3n) is 2.22. The van der Waals surface area contributed by atoms with E-state index in [1.165, 1.54) is 0 Å². The molecule has 0 aliphatic heterocycles. The van der Waals surface area contributed by atoms with Crippen LogP contribution in [0.2, 0.25) is 5.02 Å². The molecule has 0 aliphatic rings. The summed E-state index contributed by atoms with van der Waals surface area (Å²) in [4.78, 5) is 4.21. The van der Waals surface area contributed by atoms with Crippen LogP contribution in [-0.2, 0) is 0 Å². The number of nitrogens with two attached hydrogens (primary N) is 1. The number of halogens is 1. The molecule has 0 amide bonds. The van der Waals surface area contributed by atoms with Gasteiger partial charge in [-0.3, -0.25) is 0 Å². The molecule has 1 aromatic rings. The zero-order valence-electron chi connectivity index (χ0n) is 9.33. The van der Waals surface area contributed by atoms with Gasteiger partial charge in [-0.25, -0.2) is 4.98 Å². The number of aromatic nitrogens is 1. The van der Waals surface area contributed by atoms with Crippen molar-refractivity contribution in [3.8, 4) is 0 Å². The maximum absolute atomic E-state index is 6.05. The Labute approximate surface area is 101 Å². The first-order chi connectivity index (χ1) is 6.89. The molecule has 0 saturated carbocycles. The molecule has 0 radical (unpaired) electrons. The fourth-order valence-electron chi connectivity index (χ4n) is 0.873. The van der Waals surface area contributed by atoms with Crippen molar-refractivity contribution in [2.45, 2.75) is 31.8 Å². The molecule has 15 heavy (non-hydrogen) atoms. The molecule has 2 nitrogen and oxygen atoms in total. The van der Waals surface area contributed by atoms with Crippen LogP contribution >= 0.6 is 23.4 Å². The van der Waals surface area contributed by atoms with Gasteiger partial charge in [-0.1, -0.05) is 32.4 Å². The van der Waals surface area contributed by atoms with Gasteiger partial charge >= 0.3 is 0 Å². The van der Waals surface area contributed by atoms with Gasteiger partial charge in [-0.05, 0) is 17.5 Å². The predicted octanol–water partition coefficient (Wildman–Crippen LogP) is 3.20. The number of pyridine rings is 1. The van der Waals surface area contributed by atoms with Crippen molar-refractivity contribution in [3.05, 3.63) is 23.4 Å². The summed E-state index contributed by atoms with van der Waals surface area (Å²) in [7, 11) is 0. The summed E-state index contributed by atoms with van der Waals surface area (Å²) in [5, 5.41) is 1.64. The smallest absolute Gasteiger partial charge is 0.0961 e. The molecule has 1 atom stereocenters. The Morgan fingerprint density at radius 3 is 2.60 bits per heavy atom. The van der Waals surface area contributed by atoms with Crippen molar-refractivity contribution in [2.24, 2.45) is 11.1 Å². The lowest BCUT2D eigenvalue weighted by Gasteiger charge is -2.26. The van der Waals surface area contributed by atoms with Crippen molar-refractivity contribution in [3.63, 3.8) is 0 Å². The predicted molar refractivity (Wildman–Crippen MR) is 67.4 cm³/mol. The van der Waals surface area contributed by atoms with E-state index in [4.69, 9.17) is 17.3 Å². The van der Waals surface area contributed by atoms with Crippen LogP contribution in [0.5, 0.6) is 0 Å². The van der Waals surface area contributed by atoms with E-state index in [9.17, 15) is 0 Å². The fourth-order valence-corrected chi connectivity index (χ4v) is 2.13. The molecule has 0 aromatic carbocycles. The lowest BCUT2D eigenvalue weighted by atomic mass is 9.89. The number of nitrogens with zero attached hydrogens (tertiary/aromatic N) is 1. The van der Waals surface area contributed by atoms with E-state index in [0.29, 0.717) is 5.02 Å². The third kappa shape index (κ3) is 4.41. The first-order valence-corrected chi connectivity index (χ1v) is 6.26. The second kappa shape index (κ2) is 5.19. The van der Waals surface area contributed by atoms with Crippen LogP contribution in [0.1, 0.15) is 20.8 Å². The highest BCUT2D eigenvalue weighted by atomic mass is 35.5. The summed E-state index contributed by atoms with van der Waals surface area (Å²) in [6, 6.07) is 3.93. The monoisotopic (exact) mass is 244 g/mol. The summed E-state index contributed by atoms with van der Waals surface area (Å²) in [6.45, 7) is 6.44. The Hall–Kier alpha value is -0.250. The maximum atomic E-state index is 6.05. The standard InChI is InChI=1S/C11H17ClN2S/c1-11(2,3)9(13)7-15-10-5-4-8(12)6-14-10/h4-6,9H,7,13H2,1-3H3. The van der Waals surface area contributed by atoms with Gasteiger partial charge in [-0.2, -0.15) is 0 Å². The van der Waals surface area contributed by atoms with Crippen LogP contribution in [0.4, 0.5) is 0 Å². The van der Waals surface area contributed by atoms with Gasteiger partial charge in [0.2, 0.25) is 0 Å². The van der Waals surface area contributed by atoms with Gasteiger partial charge < -0.3 is 5.73 Å². The highest BCUT2D eigenvalue weighted by Crippen LogP contribution is 2.24. The van der Waals surface area contributed by atoms with E-state index in [-0.39, 0.29) is 11.5 Å². The Morgan fingerprint density at radius 2 is 2.13 bits per heavy atom. The van der Waals surface area contributed by atoms with Gasteiger partial charge in [0.25, 0.3) is 0 Å². The Kier molecular flexibility index (Phi) is 4.44. The van der Waals surface area contributed by atoms with E-state index < -0.39 is 0 Å². The molecule has 0 spiro atoms. The molecule has 1 aromatic heterocycles. The molecule has 0 bridgehead atoms. The minimum absolute atomic E-state index is 0.138. The number of thioether (sulfide) groups is 1. The Morgan fingerprint density at radius 1 is 1.47 bits per heavy atom. The zero-order valence-corrected chi connectivity index (χ0v) is 10.9. The average Bonchev–Trinajstić information content (AvgIpc) is 2.15. The van der Waals surface area contributed by atoms with Crippen LogP contribution < -0.4 is 5.73 Å². The summed E-state index contributed by atoms with van der Waals surface area (Å²) in [5.74, 6) is 0.873. The van der Waals surface area contributed by atoms with E-state index in [1.807, 2.05) is 12.1 Å². The lowest BCUT2D eigenvalue weighted by Crippen LogP contribution is -2.37. The quantitative estimate of drug-likeness (QED) is 0.830. The van der Waals surface area contributed by atoms with Gasteiger partial charge in [-0.15, -0.1) is 11.8 Å². The molecule has 1 unspecified atom stereocenters.